The fraction of sp³-hybridized carbons (Fsp3) is 0.364. The number of anilines is 1. The Hall–Kier alpha value is -3.02. The van der Waals surface area contributed by atoms with Crippen molar-refractivity contribution in [3.8, 4) is 11.5 Å². The fourth-order valence-electron chi connectivity index (χ4n) is 2.40. The summed E-state index contributed by atoms with van der Waals surface area (Å²) in [4.78, 5) is 24.7. The summed E-state index contributed by atoms with van der Waals surface area (Å²) in [5.74, 6) is 0.0484. The van der Waals surface area contributed by atoms with E-state index in [1.54, 1.807) is 30.3 Å². The van der Waals surface area contributed by atoms with Gasteiger partial charge in [0, 0.05) is 5.69 Å². The number of nitrogens with one attached hydrogen (secondary N) is 1. The first-order chi connectivity index (χ1) is 13.4. The first-order valence-corrected chi connectivity index (χ1v) is 9.42. The monoisotopic (exact) mass is 385 g/mol. The van der Waals surface area contributed by atoms with Gasteiger partial charge in [-0.05, 0) is 57.5 Å². The molecule has 6 nitrogen and oxygen atoms in total. The lowest BCUT2D eigenvalue weighted by Crippen LogP contribution is -2.30. The summed E-state index contributed by atoms with van der Waals surface area (Å²) in [5.41, 5.74) is 2.03. The number of hydrogen-bond acceptors (Lipinski definition) is 5. The molecule has 0 spiro atoms. The van der Waals surface area contributed by atoms with Crippen molar-refractivity contribution in [3.63, 3.8) is 0 Å². The number of benzene rings is 2. The Morgan fingerprint density at radius 2 is 1.71 bits per heavy atom. The molecule has 0 unspecified atom stereocenters. The highest BCUT2D eigenvalue weighted by atomic mass is 16.5. The minimum Gasteiger partial charge on any atom is -0.490 e. The Labute approximate surface area is 165 Å². The van der Waals surface area contributed by atoms with E-state index in [0.717, 1.165) is 12.0 Å². The van der Waals surface area contributed by atoms with Gasteiger partial charge >= 0.3 is 5.97 Å². The first kappa shape index (κ1) is 21.3. The lowest BCUT2D eigenvalue weighted by Gasteiger charge is -2.15. The molecule has 2 aromatic rings. The van der Waals surface area contributed by atoms with Crippen LogP contribution in [0.2, 0.25) is 0 Å². The van der Waals surface area contributed by atoms with Gasteiger partial charge in [0.15, 0.2) is 17.6 Å². The number of esters is 1. The van der Waals surface area contributed by atoms with E-state index in [1.165, 1.54) is 6.92 Å². The normalized spacial score (nSPS) is 11.4. The molecule has 1 N–H and O–H groups in total. The van der Waals surface area contributed by atoms with E-state index in [4.69, 9.17) is 14.2 Å². The first-order valence-electron chi connectivity index (χ1n) is 9.42. The van der Waals surface area contributed by atoms with Crippen molar-refractivity contribution in [2.24, 2.45) is 0 Å². The van der Waals surface area contributed by atoms with Gasteiger partial charge in [-0.1, -0.05) is 24.6 Å². The second-order valence-electron chi connectivity index (χ2n) is 6.35. The zero-order valence-corrected chi connectivity index (χ0v) is 16.8. The van der Waals surface area contributed by atoms with E-state index < -0.39 is 18.0 Å². The molecule has 0 aliphatic rings. The van der Waals surface area contributed by atoms with Crippen LogP contribution in [0.4, 0.5) is 5.69 Å². The van der Waals surface area contributed by atoms with E-state index in [2.05, 4.69) is 5.32 Å². The minimum absolute atomic E-state index is 0.294. The van der Waals surface area contributed by atoms with Gasteiger partial charge in [-0.25, -0.2) is 4.79 Å². The Morgan fingerprint density at radius 3 is 2.36 bits per heavy atom. The van der Waals surface area contributed by atoms with Crippen LogP contribution in [-0.2, 0) is 9.53 Å². The summed E-state index contributed by atoms with van der Waals surface area (Å²) in [6.07, 6.45) is -0.0801. The van der Waals surface area contributed by atoms with Crippen LogP contribution in [-0.4, -0.2) is 31.2 Å². The highest BCUT2D eigenvalue weighted by Crippen LogP contribution is 2.29. The third kappa shape index (κ3) is 6.01. The number of rotatable bonds is 9. The van der Waals surface area contributed by atoms with Crippen LogP contribution >= 0.6 is 0 Å². The number of hydrogen-bond donors (Lipinski definition) is 1. The Bertz CT molecular complexity index is 801. The molecule has 0 radical (unpaired) electrons. The molecule has 0 fully saturated rings. The quantitative estimate of drug-likeness (QED) is 0.649. The largest absolute Gasteiger partial charge is 0.490 e. The lowest BCUT2D eigenvalue weighted by molar-refractivity contribution is -0.123. The van der Waals surface area contributed by atoms with Gasteiger partial charge in [0.2, 0.25) is 0 Å². The third-order valence-electron chi connectivity index (χ3n) is 3.91. The summed E-state index contributed by atoms with van der Waals surface area (Å²) in [6.45, 7) is 8.35. The summed E-state index contributed by atoms with van der Waals surface area (Å²) < 4.78 is 16.5. The van der Waals surface area contributed by atoms with E-state index in [9.17, 15) is 9.59 Å². The number of aryl methyl sites for hydroxylation is 1. The molecule has 0 aliphatic carbocycles. The lowest BCUT2D eigenvalue weighted by atomic mass is 10.2. The average Bonchev–Trinajstić information content (AvgIpc) is 2.68. The number of amides is 1. The third-order valence-corrected chi connectivity index (χ3v) is 3.91. The van der Waals surface area contributed by atoms with Gasteiger partial charge in [0.1, 0.15) is 0 Å². The van der Waals surface area contributed by atoms with Crippen molar-refractivity contribution in [1.29, 1.82) is 0 Å². The van der Waals surface area contributed by atoms with Gasteiger partial charge in [-0.15, -0.1) is 0 Å². The topological polar surface area (TPSA) is 73.9 Å². The van der Waals surface area contributed by atoms with E-state index in [-0.39, 0.29) is 0 Å². The van der Waals surface area contributed by atoms with Crippen LogP contribution in [0.15, 0.2) is 42.5 Å². The molecular weight excluding hydrogens is 358 g/mol. The van der Waals surface area contributed by atoms with Gasteiger partial charge in [0.05, 0.1) is 18.8 Å². The standard InChI is InChI=1S/C22H27NO5/c1-5-13-27-19-12-9-17(14-20(19)26-6-2)22(25)28-16(4)21(24)23-18-10-7-15(3)8-11-18/h7-12,14,16H,5-6,13H2,1-4H3,(H,23,24)/t16-/m0/s1. The van der Waals surface area contributed by atoms with Crippen molar-refractivity contribution in [1.82, 2.24) is 0 Å². The molecule has 28 heavy (non-hydrogen) atoms. The van der Waals surface area contributed by atoms with Gasteiger partial charge in [0.25, 0.3) is 5.91 Å². The molecule has 0 aliphatic heterocycles. The Morgan fingerprint density at radius 1 is 1.00 bits per heavy atom. The number of carbonyl (C=O) groups excluding carboxylic acids is 2. The predicted molar refractivity (Wildman–Crippen MR) is 108 cm³/mol. The van der Waals surface area contributed by atoms with Crippen molar-refractivity contribution in [2.75, 3.05) is 18.5 Å². The van der Waals surface area contributed by atoms with Gasteiger partial charge in [-0.3, -0.25) is 4.79 Å². The zero-order chi connectivity index (χ0) is 20.5. The molecule has 0 saturated carbocycles. The van der Waals surface area contributed by atoms with E-state index in [0.29, 0.717) is 36.0 Å². The van der Waals surface area contributed by atoms with Crippen LogP contribution in [0.3, 0.4) is 0 Å². The Kier molecular flexibility index (Phi) is 7.87. The van der Waals surface area contributed by atoms with E-state index in [1.807, 2.05) is 32.9 Å². The maximum atomic E-state index is 12.4. The summed E-state index contributed by atoms with van der Waals surface area (Å²) >= 11 is 0. The summed E-state index contributed by atoms with van der Waals surface area (Å²) in [7, 11) is 0. The van der Waals surface area contributed by atoms with Crippen molar-refractivity contribution >= 4 is 17.6 Å². The highest BCUT2D eigenvalue weighted by molar-refractivity contribution is 5.97. The molecule has 0 saturated heterocycles. The smallest absolute Gasteiger partial charge is 0.339 e. The van der Waals surface area contributed by atoms with Crippen molar-refractivity contribution in [2.45, 2.75) is 40.2 Å². The average molecular weight is 385 g/mol. The second kappa shape index (κ2) is 10.3. The molecule has 6 heteroatoms. The SMILES string of the molecule is CCCOc1ccc(C(=O)O[C@@H](C)C(=O)Nc2ccc(C)cc2)cc1OCC. The minimum atomic E-state index is -0.944. The second-order valence-corrected chi connectivity index (χ2v) is 6.35. The molecule has 2 rings (SSSR count). The number of carbonyl (C=O) groups is 2. The molecule has 0 aromatic heterocycles. The van der Waals surface area contributed by atoms with Gasteiger partial charge < -0.3 is 19.5 Å². The van der Waals surface area contributed by atoms with Gasteiger partial charge in [-0.2, -0.15) is 0 Å². The van der Waals surface area contributed by atoms with Crippen molar-refractivity contribution in [3.05, 3.63) is 53.6 Å². The van der Waals surface area contributed by atoms with Crippen LogP contribution in [0.25, 0.3) is 0 Å². The van der Waals surface area contributed by atoms with Crippen molar-refractivity contribution < 1.29 is 23.8 Å². The maximum Gasteiger partial charge on any atom is 0.339 e. The van der Waals surface area contributed by atoms with Crippen LogP contribution < -0.4 is 14.8 Å². The molecule has 0 heterocycles. The highest BCUT2D eigenvalue weighted by Gasteiger charge is 2.20. The summed E-state index contributed by atoms with van der Waals surface area (Å²) in [6, 6.07) is 12.2. The van der Waals surface area contributed by atoms with Crippen LogP contribution in [0.5, 0.6) is 11.5 Å². The zero-order valence-electron chi connectivity index (χ0n) is 16.8. The Balaban J connectivity index is 2.02. The molecule has 150 valence electrons. The van der Waals surface area contributed by atoms with Crippen LogP contribution in [0.1, 0.15) is 43.1 Å². The predicted octanol–water partition coefficient (Wildman–Crippen LogP) is 4.37. The molecule has 1 atom stereocenters. The summed E-state index contributed by atoms with van der Waals surface area (Å²) in [5, 5.41) is 2.73. The molecule has 0 bridgehead atoms. The number of ether oxygens (including phenoxy) is 3. The molecule has 2 aromatic carbocycles. The van der Waals surface area contributed by atoms with E-state index >= 15 is 0 Å². The van der Waals surface area contributed by atoms with Crippen LogP contribution in [0, 0.1) is 6.92 Å². The molecule has 1 amide bonds. The molecular formula is C22H27NO5. The maximum absolute atomic E-state index is 12.4. The fourth-order valence-corrected chi connectivity index (χ4v) is 2.40.